The third kappa shape index (κ3) is 11.6. The molecule has 11 nitrogen and oxygen atoms in total. The molecule has 2 unspecified atom stereocenters. The molecule has 2 aliphatic rings. The van der Waals surface area contributed by atoms with Crippen LogP contribution < -0.4 is 9.44 Å². The third-order valence-corrected chi connectivity index (χ3v) is 15.6. The molecule has 0 radical (unpaired) electrons. The predicted octanol–water partition coefficient (Wildman–Crippen LogP) is 10.1. The molecular weight excluding hydrogens is 882 g/mol. The largest absolute Gasteiger partial charge is 0.478 e. The number of fused-ring (bicyclic) bond motifs is 2. The second-order valence-electron chi connectivity index (χ2n) is 17.2. The Hall–Kier alpha value is -6.00. The Bertz CT molecular complexity index is 2780. The van der Waals surface area contributed by atoms with E-state index >= 15 is 0 Å². The first-order chi connectivity index (χ1) is 30.6. The van der Waals surface area contributed by atoms with Crippen LogP contribution in [0.25, 0.3) is 0 Å². The molecule has 2 bridgehead atoms. The Morgan fingerprint density at radius 2 is 1.17 bits per heavy atom. The molecule has 0 saturated heterocycles. The number of anilines is 2. The zero-order valence-electron chi connectivity index (χ0n) is 35.9. The average Bonchev–Trinajstić information content (AvgIpc) is 3.59. The van der Waals surface area contributed by atoms with Gasteiger partial charge in [0.1, 0.15) is 5.78 Å². The summed E-state index contributed by atoms with van der Waals surface area (Å²) < 4.78 is 95.1. The first-order valence-corrected chi connectivity index (χ1v) is 24.3. The van der Waals surface area contributed by atoms with Gasteiger partial charge in [-0.1, -0.05) is 74.5 Å². The maximum Gasteiger partial charge on any atom is 0.416 e. The number of Topliss-reactive ketones (excluding diaryl/α,β-unsaturated/α-hetero) is 1. The molecule has 2 fully saturated rings. The lowest BCUT2D eigenvalue weighted by Crippen LogP contribution is -2.43. The fraction of sp³-hybridized carbons (Fsp3) is 0.327. The van der Waals surface area contributed by atoms with Crippen LogP contribution in [0, 0.1) is 16.7 Å². The van der Waals surface area contributed by atoms with Gasteiger partial charge in [-0.2, -0.15) is 13.2 Å². The molecule has 344 valence electrons. The summed E-state index contributed by atoms with van der Waals surface area (Å²) in [6, 6.07) is 30.9. The molecule has 0 heterocycles. The molecule has 2 aliphatic carbocycles. The Morgan fingerprint density at radius 1 is 0.677 bits per heavy atom. The maximum atomic E-state index is 13.2. The van der Waals surface area contributed by atoms with Gasteiger partial charge in [0.25, 0.3) is 10.0 Å². The van der Waals surface area contributed by atoms with Gasteiger partial charge in [0, 0.05) is 6.42 Å². The molecule has 4 N–H and O–H groups in total. The zero-order chi connectivity index (χ0) is 47.2. The number of sulfonamides is 2. The van der Waals surface area contributed by atoms with Gasteiger partial charge in [0.05, 0.1) is 44.1 Å². The number of para-hydroxylation sites is 2. The van der Waals surface area contributed by atoms with Crippen molar-refractivity contribution >= 4 is 49.1 Å². The average molecular weight is 933 g/mol. The van der Waals surface area contributed by atoms with Crippen LogP contribution in [0.5, 0.6) is 0 Å². The standard InChI is InChI=1S/C26H31NO5S.C23H20F3NO4S/c1-25(2)21-13-14-26(25,23(28)16-21)17-33(31,32)27-22-12-4-3-9-19(22)10-5-7-18-8-6-11-20(15-18)24(29)30;24-23(25,26)19-11-13-20(14-12-19)32(30,31)27-21-10-2-1-7-17(21)8-3-5-16-6-4-9-18(15-16)22(28)29/h3-4,6,8-9,11-12,15,21,27H,5,7,10,13-14,16-17H2,1-2H3,(H,29,30);1-2,4,6-7,9-15,27H,3,5,8H2,(H,28,29). The van der Waals surface area contributed by atoms with Crippen molar-refractivity contribution in [2.75, 3.05) is 15.2 Å². The molecule has 5 aromatic carbocycles. The van der Waals surface area contributed by atoms with Crippen LogP contribution in [0.1, 0.15) is 94.5 Å². The van der Waals surface area contributed by atoms with Crippen LogP contribution in [0.2, 0.25) is 0 Å². The first-order valence-electron chi connectivity index (χ1n) is 21.1. The lowest BCUT2D eigenvalue weighted by molar-refractivity contribution is -0.137. The second-order valence-corrected chi connectivity index (χ2v) is 20.6. The number of carboxylic acids is 2. The highest BCUT2D eigenvalue weighted by molar-refractivity contribution is 7.93. The number of ketones is 1. The second kappa shape index (κ2) is 19.6. The van der Waals surface area contributed by atoms with Crippen molar-refractivity contribution in [3.05, 3.63) is 160 Å². The van der Waals surface area contributed by atoms with E-state index in [2.05, 4.69) is 9.44 Å². The smallest absolute Gasteiger partial charge is 0.416 e. The molecule has 2 atom stereocenters. The number of halogens is 3. The molecule has 0 aliphatic heterocycles. The van der Waals surface area contributed by atoms with Gasteiger partial charge in [0.2, 0.25) is 10.0 Å². The monoisotopic (exact) mass is 932 g/mol. The van der Waals surface area contributed by atoms with Crippen LogP contribution in [-0.2, 0) is 56.7 Å². The molecule has 7 rings (SSSR count). The fourth-order valence-corrected chi connectivity index (χ4v) is 12.1. The number of aromatic carboxylic acids is 2. The fourth-order valence-electron chi connectivity index (χ4n) is 9.02. The molecule has 2 saturated carbocycles. The summed E-state index contributed by atoms with van der Waals surface area (Å²) >= 11 is 0. The van der Waals surface area contributed by atoms with E-state index < -0.39 is 49.1 Å². The van der Waals surface area contributed by atoms with Crippen molar-refractivity contribution in [1.82, 2.24) is 0 Å². The number of hydrogen-bond donors (Lipinski definition) is 4. The van der Waals surface area contributed by atoms with Gasteiger partial charge < -0.3 is 10.2 Å². The minimum absolute atomic E-state index is 0.0889. The van der Waals surface area contributed by atoms with Gasteiger partial charge in [-0.15, -0.1) is 0 Å². The van der Waals surface area contributed by atoms with Crippen LogP contribution in [0.15, 0.2) is 126 Å². The summed E-state index contributed by atoms with van der Waals surface area (Å²) in [6.07, 6.45) is 1.33. The Balaban J connectivity index is 0.000000216. The van der Waals surface area contributed by atoms with E-state index in [9.17, 15) is 44.4 Å². The normalized spacial score (nSPS) is 17.8. The van der Waals surface area contributed by atoms with E-state index in [-0.39, 0.29) is 38.9 Å². The maximum absolute atomic E-state index is 13.2. The van der Waals surface area contributed by atoms with E-state index in [0.717, 1.165) is 59.4 Å². The molecule has 16 heteroatoms. The molecule has 0 amide bonds. The SMILES string of the molecule is CC1(C)C2CCC1(CS(=O)(=O)Nc1ccccc1CCCc1cccc(C(=O)O)c1)C(=O)C2.O=C(O)c1cccc(CCCc2ccccc2NS(=O)(=O)c2ccc(C(F)(F)F)cc2)c1. The molecule has 65 heavy (non-hydrogen) atoms. The zero-order valence-corrected chi connectivity index (χ0v) is 37.5. The van der Waals surface area contributed by atoms with E-state index in [1.165, 1.54) is 6.07 Å². The summed E-state index contributed by atoms with van der Waals surface area (Å²) in [5.74, 6) is -1.76. The van der Waals surface area contributed by atoms with Crippen molar-refractivity contribution in [2.45, 2.75) is 82.7 Å². The van der Waals surface area contributed by atoms with Crippen LogP contribution in [-0.4, -0.2) is 50.5 Å². The number of alkyl halides is 3. The molecule has 5 aromatic rings. The summed E-state index contributed by atoms with van der Waals surface area (Å²) in [5, 5.41) is 18.2. The number of rotatable bonds is 17. The number of carbonyl (C=O) groups excluding carboxylic acids is 1. The molecule has 0 aromatic heterocycles. The number of carbonyl (C=O) groups is 3. The summed E-state index contributed by atoms with van der Waals surface area (Å²) in [4.78, 5) is 34.8. The van der Waals surface area contributed by atoms with Crippen LogP contribution >= 0.6 is 0 Å². The van der Waals surface area contributed by atoms with Gasteiger partial charge in [-0.05, 0) is 146 Å². The number of carboxylic acid groups (broad SMARTS) is 2. The van der Waals surface area contributed by atoms with Crippen molar-refractivity contribution in [3.8, 4) is 0 Å². The van der Waals surface area contributed by atoms with Gasteiger partial charge >= 0.3 is 18.1 Å². The van der Waals surface area contributed by atoms with E-state index in [1.807, 2.05) is 38.1 Å². The highest BCUT2D eigenvalue weighted by Gasteiger charge is 2.65. The molecule has 0 spiro atoms. The first kappa shape index (κ1) is 48.5. The van der Waals surface area contributed by atoms with Crippen LogP contribution in [0.4, 0.5) is 24.5 Å². The van der Waals surface area contributed by atoms with Gasteiger partial charge in [-0.25, -0.2) is 26.4 Å². The van der Waals surface area contributed by atoms with E-state index in [1.54, 1.807) is 66.7 Å². The highest BCUT2D eigenvalue weighted by atomic mass is 32.2. The van der Waals surface area contributed by atoms with Gasteiger partial charge in [-0.3, -0.25) is 14.2 Å². The minimum atomic E-state index is -4.55. The Labute approximate surface area is 377 Å². The highest BCUT2D eigenvalue weighted by Crippen LogP contribution is 2.64. The van der Waals surface area contributed by atoms with Crippen molar-refractivity contribution in [1.29, 1.82) is 0 Å². The van der Waals surface area contributed by atoms with E-state index in [0.29, 0.717) is 56.3 Å². The number of hydrogen-bond acceptors (Lipinski definition) is 7. The van der Waals surface area contributed by atoms with Crippen molar-refractivity contribution < 1.29 is 54.6 Å². The summed E-state index contributed by atoms with van der Waals surface area (Å²) in [6.45, 7) is 4.08. The quantitative estimate of drug-likeness (QED) is 0.0705. The topological polar surface area (TPSA) is 184 Å². The summed E-state index contributed by atoms with van der Waals surface area (Å²) in [7, 11) is -7.79. The van der Waals surface area contributed by atoms with Crippen LogP contribution in [0.3, 0.4) is 0 Å². The third-order valence-electron chi connectivity index (χ3n) is 12.8. The number of benzene rings is 5. The predicted molar refractivity (Wildman–Crippen MR) is 242 cm³/mol. The van der Waals surface area contributed by atoms with Gasteiger partial charge in [0.15, 0.2) is 0 Å². The lowest BCUT2D eigenvalue weighted by atomic mass is 9.70. The lowest BCUT2D eigenvalue weighted by Gasteiger charge is -2.36. The Kier molecular flexibility index (Phi) is 14.6. The van der Waals surface area contributed by atoms with Crippen molar-refractivity contribution in [3.63, 3.8) is 0 Å². The summed E-state index contributed by atoms with van der Waals surface area (Å²) in [5.41, 5.74) is 2.72. The van der Waals surface area contributed by atoms with E-state index in [4.69, 9.17) is 10.2 Å². The Morgan fingerprint density at radius 3 is 1.62 bits per heavy atom. The number of nitrogens with one attached hydrogen (secondary N) is 2. The minimum Gasteiger partial charge on any atom is -0.478 e. The van der Waals surface area contributed by atoms with Crippen molar-refractivity contribution in [2.24, 2.45) is 16.7 Å². The number of aryl methyl sites for hydroxylation is 4. The molecular formula is C49H51F3N2O9S2.